The molecule has 164 valence electrons. The molecule has 3 rings (SSSR count). The van der Waals surface area contributed by atoms with Crippen LogP contribution in [0.5, 0.6) is 0 Å². The number of anilines is 1. The van der Waals surface area contributed by atoms with Gasteiger partial charge in [-0.05, 0) is 35.9 Å². The molecular formula is C21H21F2N3O5. The smallest absolute Gasteiger partial charge is 0.351 e. The number of halogens is 2. The van der Waals surface area contributed by atoms with Crippen LogP contribution in [0.2, 0.25) is 0 Å². The van der Waals surface area contributed by atoms with Crippen molar-refractivity contribution in [2.75, 3.05) is 11.9 Å². The lowest BCUT2D eigenvalue weighted by molar-refractivity contribution is -0.153. The van der Waals surface area contributed by atoms with Gasteiger partial charge < -0.3 is 20.3 Å². The molecule has 3 aromatic rings. The second kappa shape index (κ2) is 9.73. The van der Waals surface area contributed by atoms with Crippen molar-refractivity contribution in [3.8, 4) is 0 Å². The van der Waals surface area contributed by atoms with Gasteiger partial charge in [-0.2, -0.15) is 4.98 Å². The van der Waals surface area contributed by atoms with Gasteiger partial charge in [-0.15, -0.1) is 0 Å². The number of hydrogen-bond acceptors (Lipinski definition) is 6. The summed E-state index contributed by atoms with van der Waals surface area (Å²) < 4.78 is 31.4. The van der Waals surface area contributed by atoms with Crippen LogP contribution in [0.3, 0.4) is 0 Å². The van der Waals surface area contributed by atoms with E-state index in [0.29, 0.717) is 5.56 Å². The van der Waals surface area contributed by atoms with Gasteiger partial charge >= 0.3 is 5.69 Å². The summed E-state index contributed by atoms with van der Waals surface area (Å²) in [5.74, 6) is -0.460. The molecule has 0 saturated heterocycles. The van der Waals surface area contributed by atoms with E-state index in [4.69, 9.17) is 9.84 Å². The molecule has 1 heterocycles. The van der Waals surface area contributed by atoms with Crippen LogP contribution in [0.1, 0.15) is 23.5 Å². The van der Waals surface area contributed by atoms with Crippen molar-refractivity contribution >= 4 is 22.5 Å². The maximum Gasteiger partial charge on any atom is 0.351 e. The van der Waals surface area contributed by atoms with E-state index in [2.05, 4.69) is 10.3 Å². The summed E-state index contributed by atoms with van der Waals surface area (Å²) in [6.45, 7) is 0.509. The van der Waals surface area contributed by atoms with Gasteiger partial charge in [-0.3, -0.25) is 9.36 Å². The highest BCUT2D eigenvalue weighted by atomic mass is 19.3. The lowest BCUT2D eigenvalue weighted by atomic mass is 10.1. The summed E-state index contributed by atoms with van der Waals surface area (Å²) in [4.78, 5) is 28.6. The number of carbonyl (C=O) groups excluding carboxylic acids is 1. The highest BCUT2D eigenvalue weighted by Crippen LogP contribution is 2.17. The van der Waals surface area contributed by atoms with Crippen molar-refractivity contribution in [1.29, 1.82) is 0 Å². The third-order valence-corrected chi connectivity index (χ3v) is 4.67. The molecular weight excluding hydrogens is 412 g/mol. The molecule has 0 bridgehead atoms. The first kappa shape index (κ1) is 22.5. The lowest BCUT2D eigenvalue weighted by Crippen LogP contribution is -2.40. The van der Waals surface area contributed by atoms with E-state index in [1.54, 1.807) is 18.2 Å². The zero-order valence-electron chi connectivity index (χ0n) is 16.5. The highest BCUT2D eigenvalue weighted by molar-refractivity contribution is 6.06. The highest BCUT2D eigenvalue weighted by Gasteiger charge is 2.30. The van der Waals surface area contributed by atoms with Crippen molar-refractivity contribution in [3.63, 3.8) is 0 Å². The molecule has 0 aliphatic heterocycles. The van der Waals surface area contributed by atoms with Gasteiger partial charge in [0.1, 0.15) is 24.3 Å². The van der Waals surface area contributed by atoms with Gasteiger partial charge in [0.25, 0.3) is 12.3 Å². The number of ether oxygens (including phenoxy) is 1. The Morgan fingerprint density at radius 3 is 2.55 bits per heavy atom. The van der Waals surface area contributed by atoms with Crippen LogP contribution < -0.4 is 11.0 Å². The average Bonchev–Trinajstić information content (AvgIpc) is 2.76. The summed E-state index contributed by atoms with van der Waals surface area (Å²) >= 11 is 0. The van der Waals surface area contributed by atoms with Crippen molar-refractivity contribution in [1.82, 2.24) is 9.55 Å². The van der Waals surface area contributed by atoms with Gasteiger partial charge in [-0.1, -0.05) is 30.3 Å². The van der Waals surface area contributed by atoms with Crippen molar-refractivity contribution in [2.45, 2.75) is 31.8 Å². The molecule has 0 radical (unpaired) electrons. The van der Waals surface area contributed by atoms with E-state index in [9.17, 15) is 23.5 Å². The van der Waals surface area contributed by atoms with Crippen molar-refractivity contribution in [2.24, 2.45) is 0 Å². The third kappa shape index (κ3) is 5.29. The topological polar surface area (TPSA) is 114 Å². The molecule has 2 aromatic carbocycles. The molecule has 3 N–H and O–H groups in total. The molecule has 0 aliphatic carbocycles. The summed E-state index contributed by atoms with van der Waals surface area (Å²) in [7, 11) is 0. The maximum absolute atomic E-state index is 12.6. The van der Waals surface area contributed by atoms with E-state index in [0.717, 1.165) is 15.3 Å². The first-order chi connectivity index (χ1) is 14.8. The Kier molecular flexibility index (Phi) is 7.06. The fourth-order valence-corrected chi connectivity index (χ4v) is 2.99. The van der Waals surface area contributed by atoms with Gasteiger partial charge in [0.15, 0.2) is 0 Å². The molecule has 1 amide bonds. The minimum absolute atomic E-state index is 0.00191. The van der Waals surface area contributed by atoms with Gasteiger partial charge in [0.05, 0.1) is 6.61 Å². The monoisotopic (exact) mass is 433 g/mol. The molecule has 2 unspecified atom stereocenters. The van der Waals surface area contributed by atoms with Crippen LogP contribution in [0.15, 0.2) is 59.5 Å². The Hall–Kier alpha value is -3.21. The first-order valence-corrected chi connectivity index (χ1v) is 9.42. The molecule has 31 heavy (non-hydrogen) atoms. The van der Waals surface area contributed by atoms with Crippen LogP contribution in [0.4, 0.5) is 14.6 Å². The number of rotatable bonds is 8. The molecule has 10 heteroatoms. The second-order valence-electron chi connectivity index (χ2n) is 6.80. The number of benzene rings is 2. The molecule has 0 aliphatic rings. The number of fused-ring (bicyclic) bond motifs is 1. The fraction of sp³-hybridized carbons (Fsp3) is 0.286. The predicted octanol–water partition coefficient (Wildman–Crippen LogP) is 2.17. The largest absolute Gasteiger partial charge is 0.394 e. The maximum atomic E-state index is 12.6. The lowest BCUT2D eigenvalue weighted by Gasteiger charge is -2.25. The SMILES string of the molecule is C[C@@H](OC(CO)C(O)C(F)F)n1ccc(NC(=O)c2ccc3ccccc3c2)nc1=O. The van der Waals surface area contributed by atoms with Crippen LogP contribution in [0.25, 0.3) is 10.8 Å². The normalized spacial score (nSPS) is 14.4. The van der Waals surface area contributed by atoms with E-state index >= 15 is 0 Å². The van der Waals surface area contributed by atoms with Gasteiger partial charge in [-0.25, -0.2) is 13.6 Å². The van der Waals surface area contributed by atoms with Crippen molar-refractivity contribution in [3.05, 3.63) is 70.8 Å². The van der Waals surface area contributed by atoms with Gasteiger partial charge in [0, 0.05) is 11.8 Å². The van der Waals surface area contributed by atoms with Crippen LogP contribution in [0, 0.1) is 0 Å². The Balaban J connectivity index is 1.72. The number of carbonyl (C=O) groups is 1. The van der Waals surface area contributed by atoms with E-state index in [1.807, 2.05) is 24.3 Å². The number of aliphatic hydroxyl groups excluding tert-OH is 2. The fourth-order valence-electron chi connectivity index (χ4n) is 2.99. The van der Waals surface area contributed by atoms with Crippen LogP contribution in [-0.4, -0.2) is 50.9 Å². The van der Waals surface area contributed by atoms with Crippen LogP contribution >= 0.6 is 0 Å². The third-order valence-electron chi connectivity index (χ3n) is 4.67. The van der Waals surface area contributed by atoms with E-state index < -0.39 is 43.1 Å². The van der Waals surface area contributed by atoms with E-state index in [1.165, 1.54) is 19.2 Å². The molecule has 0 spiro atoms. The zero-order chi connectivity index (χ0) is 22.5. The van der Waals surface area contributed by atoms with Crippen molar-refractivity contribution < 1.29 is 28.5 Å². The first-order valence-electron chi connectivity index (χ1n) is 9.42. The summed E-state index contributed by atoms with van der Waals surface area (Å²) in [5, 5.41) is 22.9. The number of nitrogens with zero attached hydrogens (tertiary/aromatic N) is 2. The second-order valence-corrected chi connectivity index (χ2v) is 6.80. The summed E-state index contributed by atoms with van der Waals surface area (Å²) in [6, 6.07) is 14.1. The van der Waals surface area contributed by atoms with Crippen LogP contribution in [-0.2, 0) is 4.74 Å². The Bertz CT molecular complexity index is 1120. The Morgan fingerprint density at radius 2 is 1.90 bits per heavy atom. The quantitative estimate of drug-likeness (QED) is 0.502. The summed E-state index contributed by atoms with van der Waals surface area (Å²) in [6.07, 6.45) is -6.76. The molecule has 1 aromatic heterocycles. The number of aromatic nitrogens is 2. The zero-order valence-corrected chi connectivity index (χ0v) is 16.5. The minimum Gasteiger partial charge on any atom is -0.394 e. The number of nitrogens with one attached hydrogen (secondary N) is 1. The summed E-state index contributed by atoms with van der Waals surface area (Å²) in [5.41, 5.74) is -0.430. The average molecular weight is 433 g/mol. The molecule has 0 saturated carbocycles. The predicted molar refractivity (Wildman–Crippen MR) is 109 cm³/mol. The molecule has 0 fully saturated rings. The Labute approximate surface area is 175 Å². The molecule has 3 atom stereocenters. The number of amides is 1. The molecule has 8 nitrogen and oxygen atoms in total. The van der Waals surface area contributed by atoms with E-state index in [-0.39, 0.29) is 5.82 Å². The number of hydrogen-bond donors (Lipinski definition) is 3. The standard InChI is InChI=1S/C21H21F2N3O5/c1-12(31-16(11-27)18(28)19(22)23)26-9-8-17(25-21(26)30)24-20(29)15-7-6-13-4-2-3-5-14(13)10-15/h2-10,12,16,18-19,27-28H,11H2,1H3,(H,24,25,29,30)/t12-,16?,18?/m1/s1. The number of alkyl halides is 2. The minimum atomic E-state index is -3.12. The Morgan fingerprint density at radius 1 is 1.19 bits per heavy atom. The number of aliphatic hydroxyl groups is 2. The van der Waals surface area contributed by atoms with Gasteiger partial charge in [0.2, 0.25) is 0 Å².